The molecule has 1 nitrogen and oxygen atoms in total. The summed E-state index contributed by atoms with van der Waals surface area (Å²) in [6.45, 7) is 3.16. The second kappa shape index (κ2) is 3.46. The predicted octanol–water partition coefficient (Wildman–Crippen LogP) is 2.50. The molecule has 13 heavy (non-hydrogen) atoms. The second-order valence-electron chi connectivity index (χ2n) is 3.72. The first-order valence-electron chi connectivity index (χ1n) is 4.77. The van der Waals surface area contributed by atoms with Crippen molar-refractivity contribution in [3.8, 4) is 0 Å². The topological polar surface area (TPSA) is 12.0 Å². The van der Waals surface area contributed by atoms with E-state index < -0.39 is 0 Å². The van der Waals surface area contributed by atoms with Gasteiger partial charge in [0, 0.05) is 11.6 Å². The van der Waals surface area contributed by atoms with Gasteiger partial charge in [-0.2, -0.15) is 0 Å². The molecular formula is C11H14FN. The van der Waals surface area contributed by atoms with Gasteiger partial charge in [0.15, 0.2) is 0 Å². The molecule has 2 unspecified atom stereocenters. The van der Waals surface area contributed by atoms with Gasteiger partial charge in [0.25, 0.3) is 0 Å². The van der Waals surface area contributed by atoms with Crippen molar-refractivity contribution >= 4 is 0 Å². The molecule has 2 atom stereocenters. The van der Waals surface area contributed by atoms with E-state index in [0.29, 0.717) is 5.92 Å². The molecule has 0 spiro atoms. The summed E-state index contributed by atoms with van der Waals surface area (Å²) >= 11 is 0. The van der Waals surface area contributed by atoms with Crippen LogP contribution in [0.2, 0.25) is 0 Å². The number of hydrogen-bond donors (Lipinski definition) is 1. The molecule has 2 heteroatoms. The fourth-order valence-corrected chi connectivity index (χ4v) is 1.98. The van der Waals surface area contributed by atoms with E-state index in [4.69, 9.17) is 0 Å². The highest BCUT2D eigenvalue weighted by molar-refractivity contribution is 5.22. The smallest absolute Gasteiger partial charge is 0.127 e. The quantitative estimate of drug-likeness (QED) is 0.698. The zero-order chi connectivity index (χ0) is 9.26. The maximum Gasteiger partial charge on any atom is 0.127 e. The van der Waals surface area contributed by atoms with E-state index in [2.05, 4.69) is 12.2 Å². The fraction of sp³-hybridized carbons (Fsp3) is 0.455. The molecule has 1 aromatic rings. The Balaban J connectivity index is 2.29. The lowest BCUT2D eigenvalue weighted by Gasteiger charge is -2.16. The summed E-state index contributed by atoms with van der Waals surface area (Å²) in [5.74, 6) is 0.450. The normalized spacial score (nSPS) is 27.8. The Hall–Kier alpha value is -0.890. The predicted molar refractivity (Wildman–Crippen MR) is 50.9 cm³/mol. The maximum absolute atomic E-state index is 13.4. The molecule has 0 radical (unpaired) electrons. The van der Waals surface area contributed by atoms with E-state index in [1.54, 1.807) is 6.07 Å². The average Bonchev–Trinajstić information content (AvgIpc) is 2.52. The van der Waals surface area contributed by atoms with E-state index in [0.717, 1.165) is 18.5 Å². The molecule has 1 heterocycles. The van der Waals surface area contributed by atoms with Crippen LogP contribution in [0.5, 0.6) is 0 Å². The number of rotatable bonds is 1. The van der Waals surface area contributed by atoms with Crippen LogP contribution in [0, 0.1) is 11.7 Å². The summed E-state index contributed by atoms with van der Waals surface area (Å²) in [5.41, 5.74) is 0.813. The van der Waals surface area contributed by atoms with Crippen molar-refractivity contribution in [1.29, 1.82) is 0 Å². The SMILES string of the molecule is CC1CCNC1c1ccccc1F. The van der Waals surface area contributed by atoms with Crippen molar-refractivity contribution in [1.82, 2.24) is 5.32 Å². The van der Waals surface area contributed by atoms with E-state index in [1.165, 1.54) is 6.07 Å². The summed E-state index contributed by atoms with van der Waals surface area (Å²) in [7, 11) is 0. The molecule has 0 aromatic heterocycles. The second-order valence-corrected chi connectivity index (χ2v) is 3.72. The Kier molecular flexibility index (Phi) is 2.32. The van der Waals surface area contributed by atoms with E-state index in [1.807, 2.05) is 12.1 Å². The van der Waals surface area contributed by atoms with Crippen molar-refractivity contribution in [3.63, 3.8) is 0 Å². The highest BCUT2D eigenvalue weighted by Gasteiger charge is 2.25. The molecule has 0 bridgehead atoms. The van der Waals surface area contributed by atoms with Crippen LogP contribution >= 0.6 is 0 Å². The number of benzene rings is 1. The third-order valence-corrected chi connectivity index (χ3v) is 2.77. The third kappa shape index (κ3) is 1.59. The first-order chi connectivity index (χ1) is 6.29. The summed E-state index contributed by atoms with van der Waals surface area (Å²) in [4.78, 5) is 0. The molecule has 0 amide bonds. The van der Waals surface area contributed by atoms with Gasteiger partial charge in [-0.05, 0) is 24.9 Å². The van der Waals surface area contributed by atoms with Gasteiger partial charge in [-0.25, -0.2) is 4.39 Å². The first-order valence-corrected chi connectivity index (χ1v) is 4.77. The van der Waals surface area contributed by atoms with Gasteiger partial charge in [0.2, 0.25) is 0 Å². The molecule has 1 aliphatic rings. The van der Waals surface area contributed by atoms with Crippen molar-refractivity contribution < 1.29 is 4.39 Å². The first kappa shape index (κ1) is 8.70. The van der Waals surface area contributed by atoms with Gasteiger partial charge in [0.1, 0.15) is 5.82 Å². The maximum atomic E-state index is 13.4. The number of nitrogens with one attached hydrogen (secondary N) is 1. The molecule has 1 saturated heterocycles. The fourth-order valence-electron chi connectivity index (χ4n) is 1.98. The Bertz CT molecular complexity index is 298. The Morgan fingerprint density at radius 3 is 2.77 bits per heavy atom. The lowest BCUT2D eigenvalue weighted by atomic mass is 9.96. The standard InChI is InChI=1S/C11H14FN/c1-8-6-7-13-11(8)9-4-2-3-5-10(9)12/h2-5,8,11,13H,6-7H2,1H3. The molecule has 1 aliphatic heterocycles. The van der Waals surface area contributed by atoms with Gasteiger partial charge in [-0.15, -0.1) is 0 Å². The summed E-state index contributed by atoms with van der Waals surface area (Å²) in [6.07, 6.45) is 1.14. The highest BCUT2D eigenvalue weighted by Crippen LogP contribution is 2.30. The monoisotopic (exact) mass is 179 g/mol. The summed E-state index contributed by atoms with van der Waals surface area (Å²) in [6, 6.07) is 7.24. The van der Waals surface area contributed by atoms with Crippen molar-refractivity contribution in [3.05, 3.63) is 35.6 Å². The van der Waals surface area contributed by atoms with Gasteiger partial charge < -0.3 is 5.32 Å². The molecule has 1 N–H and O–H groups in total. The lowest BCUT2D eigenvalue weighted by Crippen LogP contribution is -2.17. The average molecular weight is 179 g/mol. The third-order valence-electron chi connectivity index (χ3n) is 2.77. The zero-order valence-electron chi connectivity index (χ0n) is 7.76. The lowest BCUT2D eigenvalue weighted by molar-refractivity contribution is 0.475. The van der Waals surface area contributed by atoms with Crippen LogP contribution in [0.3, 0.4) is 0 Å². The van der Waals surface area contributed by atoms with Crippen LogP contribution in [-0.2, 0) is 0 Å². The van der Waals surface area contributed by atoms with Crippen LogP contribution in [0.25, 0.3) is 0 Å². The molecule has 2 rings (SSSR count). The van der Waals surface area contributed by atoms with Crippen LogP contribution in [-0.4, -0.2) is 6.54 Å². The minimum Gasteiger partial charge on any atom is -0.310 e. The largest absolute Gasteiger partial charge is 0.310 e. The van der Waals surface area contributed by atoms with Gasteiger partial charge in [0.05, 0.1) is 0 Å². The highest BCUT2D eigenvalue weighted by atomic mass is 19.1. The van der Waals surface area contributed by atoms with Crippen molar-refractivity contribution in [2.24, 2.45) is 5.92 Å². The van der Waals surface area contributed by atoms with Gasteiger partial charge in [-0.1, -0.05) is 25.1 Å². The van der Waals surface area contributed by atoms with Crippen LogP contribution in [0.15, 0.2) is 24.3 Å². The Labute approximate surface area is 78.0 Å². The minimum absolute atomic E-state index is 0.0891. The van der Waals surface area contributed by atoms with E-state index in [9.17, 15) is 4.39 Å². The number of halogens is 1. The Morgan fingerprint density at radius 2 is 2.15 bits per heavy atom. The molecular weight excluding hydrogens is 165 g/mol. The molecule has 0 saturated carbocycles. The summed E-state index contributed by atoms with van der Waals surface area (Å²) < 4.78 is 13.4. The molecule has 1 fully saturated rings. The molecule has 70 valence electrons. The van der Waals surface area contributed by atoms with Crippen LogP contribution in [0.4, 0.5) is 4.39 Å². The molecule has 1 aromatic carbocycles. The van der Waals surface area contributed by atoms with Crippen molar-refractivity contribution in [2.45, 2.75) is 19.4 Å². The molecule has 0 aliphatic carbocycles. The zero-order valence-corrected chi connectivity index (χ0v) is 7.76. The van der Waals surface area contributed by atoms with Gasteiger partial charge >= 0.3 is 0 Å². The van der Waals surface area contributed by atoms with E-state index in [-0.39, 0.29) is 11.9 Å². The van der Waals surface area contributed by atoms with Gasteiger partial charge in [-0.3, -0.25) is 0 Å². The summed E-state index contributed by atoms with van der Waals surface area (Å²) in [5, 5.41) is 3.32. The minimum atomic E-state index is -0.0891. The van der Waals surface area contributed by atoms with E-state index >= 15 is 0 Å². The van der Waals surface area contributed by atoms with Crippen molar-refractivity contribution in [2.75, 3.05) is 6.54 Å². The van der Waals surface area contributed by atoms with Crippen LogP contribution < -0.4 is 5.32 Å². The van der Waals surface area contributed by atoms with Crippen LogP contribution in [0.1, 0.15) is 24.9 Å². The Morgan fingerprint density at radius 1 is 1.38 bits per heavy atom. The number of hydrogen-bond acceptors (Lipinski definition) is 1.